The molecule has 3 nitrogen and oxygen atoms in total. The third-order valence-electron chi connectivity index (χ3n) is 4.29. The van der Waals surface area contributed by atoms with Crippen LogP contribution < -0.4 is 5.73 Å². The summed E-state index contributed by atoms with van der Waals surface area (Å²) in [5.41, 5.74) is 6.01. The van der Waals surface area contributed by atoms with E-state index in [1.165, 1.54) is 43.9 Å². The number of nitrogens with two attached hydrogens (primary N) is 1. The Labute approximate surface area is 122 Å². The van der Waals surface area contributed by atoms with E-state index in [1.807, 2.05) is 0 Å². The van der Waals surface area contributed by atoms with Crippen molar-refractivity contribution in [3.63, 3.8) is 0 Å². The fourth-order valence-corrected chi connectivity index (χ4v) is 4.59. The molecular weight excluding hydrogens is 256 g/mol. The molecule has 19 heavy (non-hydrogen) atoms. The molecule has 0 radical (unpaired) electrons. The summed E-state index contributed by atoms with van der Waals surface area (Å²) in [6.45, 7) is 8.84. The smallest absolute Gasteiger partial charge is 0.0599 e. The Bertz CT molecular complexity index is 265. The lowest BCUT2D eigenvalue weighted by Gasteiger charge is -2.43. The SMILES string of the molecule is CC1(C)CSCC(N2CCC(OCCCN)CC2)C1. The highest BCUT2D eigenvalue weighted by atomic mass is 32.2. The van der Waals surface area contributed by atoms with Gasteiger partial charge in [-0.25, -0.2) is 0 Å². The van der Waals surface area contributed by atoms with Crippen LogP contribution >= 0.6 is 11.8 Å². The summed E-state index contributed by atoms with van der Waals surface area (Å²) in [6.07, 6.45) is 5.23. The Hall–Kier alpha value is 0.230. The number of rotatable bonds is 5. The molecule has 0 aliphatic carbocycles. The second-order valence-corrected chi connectivity index (χ2v) is 7.82. The first-order valence-corrected chi connectivity index (χ1v) is 8.90. The molecule has 0 saturated carbocycles. The van der Waals surface area contributed by atoms with Crippen LogP contribution in [0.4, 0.5) is 0 Å². The van der Waals surface area contributed by atoms with E-state index in [2.05, 4.69) is 30.5 Å². The van der Waals surface area contributed by atoms with Gasteiger partial charge in [0, 0.05) is 31.5 Å². The lowest BCUT2D eigenvalue weighted by atomic mass is 9.86. The zero-order valence-electron chi connectivity index (χ0n) is 12.6. The quantitative estimate of drug-likeness (QED) is 0.787. The van der Waals surface area contributed by atoms with Gasteiger partial charge in [-0.2, -0.15) is 11.8 Å². The van der Waals surface area contributed by atoms with Crippen LogP contribution in [0.15, 0.2) is 0 Å². The number of likely N-dealkylation sites (tertiary alicyclic amines) is 1. The van der Waals surface area contributed by atoms with Crippen LogP contribution in [-0.4, -0.2) is 54.8 Å². The van der Waals surface area contributed by atoms with Crippen LogP contribution in [0.3, 0.4) is 0 Å². The second kappa shape index (κ2) is 7.30. The topological polar surface area (TPSA) is 38.5 Å². The number of thioether (sulfide) groups is 1. The molecule has 2 fully saturated rings. The van der Waals surface area contributed by atoms with Crippen molar-refractivity contribution in [2.45, 2.75) is 51.7 Å². The molecule has 0 aromatic heterocycles. The first-order chi connectivity index (χ1) is 9.11. The van der Waals surface area contributed by atoms with Gasteiger partial charge in [0.25, 0.3) is 0 Å². The number of ether oxygens (including phenoxy) is 1. The molecule has 0 aromatic rings. The normalized spacial score (nSPS) is 29.5. The number of hydrogen-bond acceptors (Lipinski definition) is 4. The van der Waals surface area contributed by atoms with Crippen molar-refractivity contribution in [2.75, 3.05) is 37.7 Å². The molecule has 1 atom stereocenters. The minimum Gasteiger partial charge on any atom is -0.378 e. The van der Waals surface area contributed by atoms with Crippen LogP contribution in [0, 0.1) is 5.41 Å². The molecule has 2 N–H and O–H groups in total. The van der Waals surface area contributed by atoms with E-state index in [1.54, 1.807) is 0 Å². The van der Waals surface area contributed by atoms with Crippen LogP contribution in [0.1, 0.15) is 39.5 Å². The minimum absolute atomic E-state index is 0.479. The molecular formula is C15H30N2OS. The first kappa shape index (κ1) is 15.6. The van der Waals surface area contributed by atoms with Gasteiger partial charge in [0.2, 0.25) is 0 Å². The summed E-state index contributed by atoms with van der Waals surface area (Å²) in [5.74, 6) is 2.64. The van der Waals surface area contributed by atoms with Crippen molar-refractivity contribution < 1.29 is 4.74 Å². The summed E-state index contributed by atoms with van der Waals surface area (Å²) in [7, 11) is 0. The summed E-state index contributed by atoms with van der Waals surface area (Å²) in [4.78, 5) is 2.71. The molecule has 0 bridgehead atoms. The van der Waals surface area contributed by atoms with Gasteiger partial charge in [-0.1, -0.05) is 13.8 Å². The van der Waals surface area contributed by atoms with E-state index in [-0.39, 0.29) is 0 Å². The fourth-order valence-electron chi connectivity index (χ4n) is 3.20. The minimum atomic E-state index is 0.479. The van der Waals surface area contributed by atoms with E-state index < -0.39 is 0 Å². The van der Waals surface area contributed by atoms with Crippen molar-refractivity contribution >= 4 is 11.8 Å². The molecule has 0 aromatic carbocycles. The highest BCUT2D eigenvalue weighted by Gasteiger charge is 2.33. The van der Waals surface area contributed by atoms with Gasteiger partial charge in [0.1, 0.15) is 0 Å². The lowest BCUT2D eigenvalue weighted by molar-refractivity contribution is -0.00405. The van der Waals surface area contributed by atoms with Gasteiger partial charge >= 0.3 is 0 Å². The van der Waals surface area contributed by atoms with E-state index >= 15 is 0 Å². The first-order valence-electron chi connectivity index (χ1n) is 7.74. The second-order valence-electron chi connectivity index (χ2n) is 6.79. The Kier molecular flexibility index (Phi) is 6.00. The van der Waals surface area contributed by atoms with Crippen molar-refractivity contribution in [3.8, 4) is 0 Å². The van der Waals surface area contributed by atoms with Crippen molar-refractivity contribution in [3.05, 3.63) is 0 Å². The third kappa shape index (κ3) is 4.92. The zero-order valence-corrected chi connectivity index (χ0v) is 13.4. The predicted molar refractivity (Wildman–Crippen MR) is 83.7 cm³/mol. The van der Waals surface area contributed by atoms with Gasteiger partial charge in [-0.3, -0.25) is 4.90 Å². The number of hydrogen-bond donors (Lipinski definition) is 1. The number of nitrogens with zero attached hydrogens (tertiary/aromatic N) is 1. The largest absolute Gasteiger partial charge is 0.378 e. The van der Waals surface area contributed by atoms with Crippen LogP contribution in [0.25, 0.3) is 0 Å². The fraction of sp³-hybridized carbons (Fsp3) is 1.00. The zero-order chi connectivity index (χ0) is 13.7. The highest BCUT2D eigenvalue weighted by Crippen LogP contribution is 2.36. The maximum Gasteiger partial charge on any atom is 0.0599 e. The third-order valence-corrected chi connectivity index (χ3v) is 5.89. The predicted octanol–water partition coefficient (Wildman–Crippen LogP) is 2.35. The molecule has 0 amide bonds. The Morgan fingerprint density at radius 1 is 1.32 bits per heavy atom. The summed E-state index contributed by atoms with van der Waals surface area (Å²) in [5, 5.41) is 0. The molecule has 2 aliphatic heterocycles. The lowest BCUT2D eigenvalue weighted by Crippen LogP contribution is -2.48. The molecule has 2 heterocycles. The number of piperidine rings is 1. The van der Waals surface area contributed by atoms with Crippen LogP contribution in [-0.2, 0) is 4.74 Å². The summed E-state index contributed by atoms with van der Waals surface area (Å²) in [6, 6.07) is 0.791. The highest BCUT2D eigenvalue weighted by molar-refractivity contribution is 7.99. The van der Waals surface area contributed by atoms with Gasteiger partial charge in [-0.15, -0.1) is 0 Å². The standard InChI is InChI=1S/C15H30N2OS/c1-15(2)10-13(11-19-12-15)17-7-4-14(5-8-17)18-9-3-6-16/h13-14H,3-12,16H2,1-2H3. The molecule has 0 spiro atoms. The van der Waals surface area contributed by atoms with E-state index in [4.69, 9.17) is 10.5 Å². The maximum absolute atomic E-state index is 5.89. The molecule has 112 valence electrons. The molecule has 1 unspecified atom stereocenters. The van der Waals surface area contributed by atoms with Gasteiger partial charge < -0.3 is 10.5 Å². The van der Waals surface area contributed by atoms with E-state index in [9.17, 15) is 0 Å². The molecule has 2 aliphatic rings. The maximum atomic E-state index is 5.89. The van der Waals surface area contributed by atoms with Crippen molar-refractivity contribution in [2.24, 2.45) is 11.1 Å². The van der Waals surface area contributed by atoms with Crippen LogP contribution in [0.5, 0.6) is 0 Å². The van der Waals surface area contributed by atoms with Crippen molar-refractivity contribution in [1.29, 1.82) is 0 Å². The average Bonchev–Trinajstić information content (AvgIpc) is 2.39. The Balaban J connectivity index is 1.70. The van der Waals surface area contributed by atoms with Crippen LogP contribution in [0.2, 0.25) is 0 Å². The van der Waals surface area contributed by atoms with Gasteiger partial charge in [0.05, 0.1) is 6.10 Å². The summed E-state index contributed by atoms with van der Waals surface area (Å²) < 4.78 is 5.89. The molecule has 2 rings (SSSR count). The van der Waals surface area contributed by atoms with E-state index in [0.29, 0.717) is 11.5 Å². The molecule has 2 saturated heterocycles. The van der Waals surface area contributed by atoms with E-state index in [0.717, 1.165) is 25.6 Å². The van der Waals surface area contributed by atoms with Gasteiger partial charge in [0.15, 0.2) is 0 Å². The molecule has 4 heteroatoms. The average molecular weight is 286 g/mol. The monoisotopic (exact) mass is 286 g/mol. The summed E-state index contributed by atoms with van der Waals surface area (Å²) >= 11 is 2.13. The van der Waals surface area contributed by atoms with Gasteiger partial charge in [-0.05, 0) is 43.4 Å². The van der Waals surface area contributed by atoms with Crippen molar-refractivity contribution in [1.82, 2.24) is 4.90 Å². The Morgan fingerprint density at radius 3 is 2.68 bits per heavy atom. The Morgan fingerprint density at radius 2 is 2.05 bits per heavy atom.